The molecule has 22 heavy (non-hydrogen) atoms. The number of halogens is 1. The molecule has 0 saturated carbocycles. The van der Waals surface area contributed by atoms with Gasteiger partial charge in [0.25, 0.3) is 0 Å². The van der Waals surface area contributed by atoms with Gasteiger partial charge in [0, 0.05) is 16.8 Å². The Morgan fingerprint density at radius 1 is 1.09 bits per heavy atom. The van der Waals surface area contributed by atoms with Gasteiger partial charge in [-0.05, 0) is 29.7 Å². The molecule has 2 N–H and O–H groups in total. The maximum atomic E-state index is 12.1. The number of carbonyl (C=O) groups excluding carboxylic acids is 1. The number of nitrogens with one attached hydrogen (secondary N) is 2. The first kappa shape index (κ1) is 16.5. The maximum absolute atomic E-state index is 12.1. The molecule has 0 aromatic heterocycles. The second-order valence-corrected chi connectivity index (χ2v) is 6.01. The molecule has 0 aliphatic rings. The van der Waals surface area contributed by atoms with Crippen LogP contribution in [0.3, 0.4) is 0 Å². The number of carbonyl (C=O) groups is 1. The van der Waals surface area contributed by atoms with Crippen LogP contribution in [0, 0.1) is 5.92 Å². The monoisotopic (exact) mass is 316 g/mol. The summed E-state index contributed by atoms with van der Waals surface area (Å²) in [5.74, 6) is 0.310. The van der Waals surface area contributed by atoms with Crippen molar-refractivity contribution in [1.29, 1.82) is 0 Å². The molecule has 0 aliphatic carbocycles. The van der Waals surface area contributed by atoms with E-state index < -0.39 is 0 Å². The van der Waals surface area contributed by atoms with E-state index in [1.807, 2.05) is 30.3 Å². The fourth-order valence-electron chi connectivity index (χ4n) is 2.37. The van der Waals surface area contributed by atoms with Crippen molar-refractivity contribution in [2.45, 2.75) is 19.9 Å². The third-order valence-corrected chi connectivity index (χ3v) is 3.65. The van der Waals surface area contributed by atoms with Crippen molar-refractivity contribution in [2.24, 2.45) is 5.92 Å². The molecule has 0 heterocycles. The Balaban J connectivity index is 1.94. The van der Waals surface area contributed by atoms with Crippen LogP contribution in [0.5, 0.6) is 0 Å². The van der Waals surface area contributed by atoms with Crippen LogP contribution in [0.15, 0.2) is 54.6 Å². The minimum Gasteiger partial charge on any atom is -0.325 e. The van der Waals surface area contributed by atoms with Gasteiger partial charge < -0.3 is 10.6 Å². The average Bonchev–Trinajstić information content (AvgIpc) is 2.48. The van der Waals surface area contributed by atoms with E-state index in [9.17, 15) is 4.79 Å². The van der Waals surface area contributed by atoms with Crippen molar-refractivity contribution in [3.63, 3.8) is 0 Å². The molecule has 0 fully saturated rings. The van der Waals surface area contributed by atoms with Crippen molar-refractivity contribution in [3.05, 3.63) is 65.2 Å². The van der Waals surface area contributed by atoms with E-state index in [-0.39, 0.29) is 18.5 Å². The van der Waals surface area contributed by atoms with E-state index in [4.69, 9.17) is 11.6 Å². The first-order valence-corrected chi connectivity index (χ1v) is 7.78. The molecule has 116 valence electrons. The number of hydrogen-bond acceptors (Lipinski definition) is 2. The van der Waals surface area contributed by atoms with E-state index >= 15 is 0 Å². The van der Waals surface area contributed by atoms with Gasteiger partial charge in [0.2, 0.25) is 5.91 Å². The minimum atomic E-state index is -0.0798. The highest BCUT2D eigenvalue weighted by Gasteiger charge is 2.16. The van der Waals surface area contributed by atoms with Gasteiger partial charge in [-0.2, -0.15) is 0 Å². The molecule has 0 aliphatic heterocycles. The van der Waals surface area contributed by atoms with E-state index in [2.05, 4.69) is 36.6 Å². The molecular formula is C18H21ClN2O. The van der Waals surface area contributed by atoms with Crippen LogP contribution in [0.25, 0.3) is 0 Å². The zero-order chi connectivity index (χ0) is 15.9. The van der Waals surface area contributed by atoms with Gasteiger partial charge in [-0.25, -0.2) is 0 Å². The highest BCUT2D eigenvalue weighted by atomic mass is 35.5. The Labute approximate surface area is 136 Å². The van der Waals surface area contributed by atoms with Gasteiger partial charge >= 0.3 is 0 Å². The Bertz CT molecular complexity index is 613. The van der Waals surface area contributed by atoms with Gasteiger partial charge in [0.1, 0.15) is 0 Å². The highest BCUT2D eigenvalue weighted by Crippen LogP contribution is 2.21. The van der Waals surface area contributed by atoms with Crippen LogP contribution in [0.1, 0.15) is 25.5 Å². The summed E-state index contributed by atoms with van der Waals surface area (Å²) < 4.78 is 0. The average molecular weight is 317 g/mol. The normalized spacial score (nSPS) is 12.2. The molecule has 0 bridgehead atoms. The predicted octanol–water partition coefficient (Wildman–Crippen LogP) is 4.27. The Morgan fingerprint density at radius 2 is 1.82 bits per heavy atom. The molecule has 1 amide bonds. The lowest BCUT2D eigenvalue weighted by atomic mass is 9.96. The summed E-state index contributed by atoms with van der Waals surface area (Å²) in [7, 11) is 0. The van der Waals surface area contributed by atoms with E-state index in [1.54, 1.807) is 12.1 Å². The first-order chi connectivity index (χ1) is 10.6. The third-order valence-electron chi connectivity index (χ3n) is 3.42. The summed E-state index contributed by atoms with van der Waals surface area (Å²) in [6.07, 6.45) is 0. The van der Waals surface area contributed by atoms with Crippen LogP contribution in [0.4, 0.5) is 5.69 Å². The van der Waals surface area contributed by atoms with Crippen molar-refractivity contribution in [2.75, 3.05) is 11.9 Å². The lowest BCUT2D eigenvalue weighted by Gasteiger charge is -2.22. The van der Waals surface area contributed by atoms with Crippen molar-refractivity contribution in [1.82, 2.24) is 5.32 Å². The first-order valence-electron chi connectivity index (χ1n) is 7.40. The predicted molar refractivity (Wildman–Crippen MR) is 92.1 cm³/mol. The van der Waals surface area contributed by atoms with Gasteiger partial charge in [-0.1, -0.05) is 61.8 Å². The summed E-state index contributed by atoms with van der Waals surface area (Å²) in [6, 6.07) is 17.5. The standard InChI is InChI=1S/C18H21ClN2O/c1-13(2)18(14-7-4-3-5-8-14)20-12-17(22)21-16-10-6-9-15(19)11-16/h3-11,13,18,20H,12H2,1-2H3,(H,21,22)/t18-/m0/s1. The topological polar surface area (TPSA) is 41.1 Å². The second kappa shape index (κ2) is 7.97. The number of amides is 1. The van der Waals surface area contributed by atoms with Crippen LogP contribution >= 0.6 is 11.6 Å². The largest absolute Gasteiger partial charge is 0.325 e. The zero-order valence-corrected chi connectivity index (χ0v) is 13.6. The molecule has 3 nitrogen and oxygen atoms in total. The van der Waals surface area contributed by atoms with Crippen molar-refractivity contribution < 1.29 is 4.79 Å². The van der Waals surface area contributed by atoms with Gasteiger partial charge in [0.05, 0.1) is 6.54 Å². The molecule has 0 spiro atoms. The molecule has 2 aromatic rings. The smallest absolute Gasteiger partial charge is 0.238 e. The Morgan fingerprint density at radius 3 is 2.45 bits per heavy atom. The quantitative estimate of drug-likeness (QED) is 0.835. The lowest BCUT2D eigenvalue weighted by molar-refractivity contribution is -0.115. The van der Waals surface area contributed by atoms with E-state index in [0.29, 0.717) is 16.6 Å². The van der Waals surface area contributed by atoms with Crippen LogP contribution in [-0.2, 0) is 4.79 Å². The van der Waals surface area contributed by atoms with Gasteiger partial charge in [-0.3, -0.25) is 4.79 Å². The number of rotatable bonds is 6. The number of anilines is 1. The zero-order valence-electron chi connectivity index (χ0n) is 12.8. The third kappa shape index (κ3) is 4.86. The van der Waals surface area contributed by atoms with Gasteiger partial charge in [0.15, 0.2) is 0 Å². The van der Waals surface area contributed by atoms with Crippen molar-refractivity contribution >= 4 is 23.2 Å². The Hall–Kier alpha value is -1.84. The Kier molecular flexibility index (Phi) is 5.99. The summed E-state index contributed by atoms with van der Waals surface area (Å²) in [4.78, 5) is 12.1. The molecule has 0 saturated heterocycles. The molecule has 2 aromatic carbocycles. The summed E-state index contributed by atoms with van der Waals surface area (Å²) in [5.41, 5.74) is 1.90. The highest BCUT2D eigenvalue weighted by molar-refractivity contribution is 6.30. The SMILES string of the molecule is CC(C)[C@H](NCC(=O)Nc1cccc(Cl)c1)c1ccccc1. The number of benzene rings is 2. The fourth-order valence-corrected chi connectivity index (χ4v) is 2.56. The molecule has 1 atom stereocenters. The van der Waals surface area contributed by atoms with Crippen LogP contribution in [-0.4, -0.2) is 12.5 Å². The van der Waals surface area contributed by atoms with Crippen molar-refractivity contribution in [3.8, 4) is 0 Å². The molecule has 4 heteroatoms. The van der Waals surface area contributed by atoms with E-state index in [0.717, 1.165) is 0 Å². The molecular weight excluding hydrogens is 296 g/mol. The van der Waals surface area contributed by atoms with Crippen LogP contribution < -0.4 is 10.6 Å². The molecule has 0 unspecified atom stereocenters. The minimum absolute atomic E-state index is 0.0798. The summed E-state index contributed by atoms with van der Waals surface area (Å²) in [6.45, 7) is 4.53. The molecule has 2 rings (SSSR count). The van der Waals surface area contributed by atoms with E-state index in [1.165, 1.54) is 5.56 Å². The molecule has 0 radical (unpaired) electrons. The fraction of sp³-hybridized carbons (Fsp3) is 0.278. The summed E-state index contributed by atoms with van der Waals surface area (Å²) >= 11 is 5.91. The number of hydrogen-bond donors (Lipinski definition) is 2. The van der Waals surface area contributed by atoms with Crippen LogP contribution in [0.2, 0.25) is 5.02 Å². The maximum Gasteiger partial charge on any atom is 0.238 e. The summed E-state index contributed by atoms with van der Waals surface area (Å²) in [5, 5.41) is 6.77. The lowest BCUT2D eigenvalue weighted by Crippen LogP contribution is -2.33. The second-order valence-electron chi connectivity index (χ2n) is 5.57. The van der Waals surface area contributed by atoms with Gasteiger partial charge in [-0.15, -0.1) is 0 Å².